The summed E-state index contributed by atoms with van der Waals surface area (Å²) in [4.78, 5) is 23.5. The van der Waals surface area contributed by atoms with E-state index in [9.17, 15) is 9.59 Å². The Morgan fingerprint density at radius 3 is 2.68 bits per heavy atom. The van der Waals surface area contributed by atoms with E-state index in [0.717, 1.165) is 12.8 Å². The first-order chi connectivity index (χ1) is 9.19. The molecule has 0 aromatic carbocycles. The summed E-state index contributed by atoms with van der Waals surface area (Å²) in [5.74, 6) is -0.888. The fourth-order valence-electron chi connectivity index (χ4n) is 1.54. The molecule has 0 saturated heterocycles. The van der Waals surface area contributed by atoms with E-state index in [1.807, 2.05) is 6.92 Å². The van der Waals surface area contributed by atoms with E-state index in [1.54, 1.807) is 25.4 Å². The monoisotopic (exact) mass is 268 g/mol. The van der Waals surface area contributed by atoms with Crippen LogP contribution in [0.5, 0.6) is 0 Å². The van der Waals surface area contributed by atoms with E-state index in [-0.39, 0.29) is 13.0 Å². The first-order valence-corrected chi connectivity index (χ1v) is 6.50. The van der Waals surface area contributed by atoms with E-state index >= 15 is 0 Å². The lowest BCUT2D eigenvalue weighted by molar-refractivity contribution is -0.154. The molecule has 106 valence electrons. The molecule has 0 bridgehead atoms. The molecule has 1 unspecified atom stereocenters. The second-order valence-electron chi connectivity index (χ2n) is 4.03. The predicted octanol–water partition coefficient (Wildman–Crippen LogP) is 1.72. The van der Waals surface area contributed by atoms with Gasteiger partial charge in [-0.3, -0.25) is 9.48 Å². The minimum absolute atomic E-state index is 0.0690. The molecule has 1 rings (SSSR count). The van der Waals surface area contributed by atoms with Gasteiger partial charge < -0.3 is 9.47 Å². The highest BCUT2D eigenvalue weighted by molar-refractivity contribution is 5.81. The lowest BCUT2D eigenvalue weighted by Crippen LogP contribution is -2.26. The number of carbonyl (C=O) groups excluding carboxylic acids is 2. The van der Waals surface area contributed by atoms with Crippen molar-refractivity contribution >= 4 is 11.9 Å². The first-order valence-electron chi connectivity index (χ1n) is 6.50. The van der Waals surface area contributed by atoms with Crippen LogP contribution in [0.15, 0.2) is 18.5 Å². The standard InChI is InChI=1S/C13H20N2O4/c1-3-5-9-19-13(17)11(10-12(16)18-4-2)15-8-6-7-14-15/h6-8,11H,3-5,9-10H2,1-2H3. The molecule has 1 heterocycles. The summed E-state index contributed by atoms with van der Waals surface area (Å²) in [6, 6.07) is 0.934. The molecule has 0 spiro atoms. The van der Waals surface area contributed by atoms with Crippen LogP contribution in [0.4, 0.5) is 0 Å². The Balaban J connectivity index is 2.64. The highest BCUT2D eigenvalue weighted by Gasteiger charge is 2.26. The molecule has 0 radical (unpaired) electrons. The van der Waals surface area contributed by atoms with Crippen LogP contribution < -0.4 is 0 Å². The van der Waals surface area contributed by atoms with E-state index in [0.29, 0.717) is 6.61 Å². The van der Waals surface area contributed by atoms with Crippen molar-refractivity contribution in [2.24, 2.45) is 0 Å². The van der Waals surface area contributed by atoms with Gasteiger partial charge in [-0.05, 0) is 19.4 Å². The zero-order valence-corrected chi connectivity index (χ0v) is 11.4. The molecule has 0 fully saturated rings. The van der Waals surface area contributed by atoms with E-state index in [2.05, 4.69) is 5.10 Å². The molecule has 0 saturated carbocycles. The van der Waals surface area contributed by atoms with Crippen LogP contribution >= 0.6 is 0 Å². The van der Waals surface area contributed by atoms with Gasteiger partial charge in [0, 0.05) is 12.4 Å². The van der Waals surface area contributed by atoms with Crippen LogP contribution in [0.1, 0.15) is 39.2 Å². The zero-order chi connectivity index (χ0) is 14.1. The number of esters is 2. The Kier molecular flexibility index (Phi) is 6.63. The molecule has 6 heteroatoms. The summed E-state index contributed by atoms with van der Waals surface area (Å²) in [7, 11) is 0. The molecule has 0 aliphatic carbocycles. The lowest BCUT2D eigenvalue weighted by atomic mass is 10.2. The summed E-state index contributed by atoms with van der Waals surface area (Å²) < 4.78 is 11.4. The van der Waals surface area contributed by atoms with Gasteiger partial charge in [0.05, 0.1) is 19.6 Å². The van der Waals surface area contributed by atoms with Gasteiger partial charge >= 0.3 is 11.9 Å². The fourth-order valence-corrected chi connectivity index (χ4v) is 1.54. The van der Waals surface area contributed by atoms with Crippen LogP contribution in [0.2, 0.25) is 0 Å². The average Bonchev–Trinajstić information content (AvgIpc) is 2.90. The van der Waals surface area contributed by atoms with Crippen molar-refractivity contribution in [3.05, 3.63) is 18.5 Å². The van der Waals surface area contributed by atoms with Gasteiger partial charge in [0.1, 0.15) is 0 Å². The Morgan fingerprint density at radius 1 is 1.32 bits per heavy atom. The minimum Gasteiger partial charge on any atom is -0.466 e. The minimum atomic E-state index is -0.758. The average molecular weight is 268 g/mol. The third-order valence-corrected chi connectivity index (χ3v) is 2.52. The molecule has 1 atom stereocenters. The Labute approximate surface area is 112 Å². The highest BCUT2D eigenvalue weighted by Crippen LogP contribution is 2.14. The molecule has 0 N–H and O–H groups in total. The van der Waals surface area contributed by atoms with E-state index < -0.39 is 18.0 Å². The van der Waals surface area contributed by atoms with Crippen molar-refractivity contribution in [3.8, 4) is 0 Å². The number of aromatic nitrogens is 2. The van der Waals surface area contributed by atoms with Gasteiger partial charge in [-0.2, -0.15) is 5.10 Å². The molecular weight excluding hydrogens is 248 g/mol. The van der Waals surface area contributed by atoms with Crippen LogP contribution in [0.3, 0.4) is 0 Å². The maximum absolute atomic E-state index is 12.0. The number of hydrogen-bond acceptors (Lipinski definition) is 5. The van der Waals surface area contributed by atoms with Gasteiger partial charge in [-0.15, -0.1) is 0 Å². The molecule has 6 nitrogen and oxygen atoms in total. The summed E-state index contributed by atoms with van der Waals surface area (Å²) >= 11 is 0. The molecular formula is C13H20N2O4. The number of ether oxygens (including phenoxy) is 2. The van der Waals surface area contributed by atoms with Crippen LogP contribution in [0.25, 0.3) is 0 Å². The maximum Gasteiger partial charge on any atom is 0.331 e. The number of carbonyl (C=O) groups is 2. The number of rotatable bonds is 8. The topological polar surface area (TPSA) is 70.4 Å². The summed E-state index contributed by atoms with van der Waals surface area (Å²) in [6.45, 7) is 4.38. The quantitative estimate of drug-likeness (QED) is 0.530. The van der Waals surface area contributed by atoms with Crippen molar-refractivity contribution in [1.82, 2.24) is 9.78 Å². The van der Waals surface area contributed by atoms with Gasteiger partial charge in [0.15, 0.2) is 6.04 Å². The SMILES string of the molecule is CCCCOC(=O)C(CC(=O)OCC)n1cccn1. The molecule has 0 amide bonds. The Morgan fingerprint density at radius 2 is 2.11 bits per heavy atom. The van der Waals surface area contributed by atoms with Crippen LogP contribution in [-0.2, 0) is 19.1 Å². The van der Waals surface area contributed by atoms with Crippen molar-refractivity contribution in [3.63, 3.8) is 0 Å². The normalized spacial score (nSPS) is 11.9. The lowest BCUT2D eigenvalue weighted by Gasteiger charge is -2.15. The predicted molar refractivity (Wildman–Crippen MR) is 68.4 cm³/mol. The largest absolute Gasteiger partial charge is 0.466 e. The van der Waals surface area contributed by atoms with Gasteiger partial charge in [0.25, 0.3) is 0 Å². The van der Waals surface area contributed by atoms with Gasteiger partial charge in [-0.1, -0.05) is 13.3 Å². The molecule has 0 aliphatic heterocycles. The van der Waals surface area contributed by atoms with E-state index in [4.69, 9.17) is 9.47 Å². The molecule has 1 aromatic rings. The zero-order valence-electron chi connectivity index (χ0n) is 11.4. The fraction of sp³-hybridized carbons (Fsp3) is 0.615. The third kappa shape index (κ3) is 5.11. The van der Waals surface area contributed by atoms with Crippen molar-refractivity contribution < 1.29 is 19.1 Å². The molecule has 1 aromatic heterocycles. The van der Waals surface area contributed by atoms with Gasteiger partial charge in [0.2, 0.25) is 0 Å². The van der Waals surface area contributed by atoms with Crippen molar-refractivity contribution in [2.75, 3.05) is 13.2 Å². The smallest absolute Gasteiger partial charge is 0.331 e. The highest BCUT2D eigenvalue weighted by atomic mass is 16.5. The van der Waals surface area contributed by atoms with Gasteiger partial charge in [-0.25, -0.2) is 4.79 Å². The maximum atomic E-state index is 12.0. The summed E-state index contributed by atoms with van der Waals surface area (Å²) in [6.07, 6.45) is 4.86. The van der Waals surface area contributed by atoms with Crippen molar-refractivity contribution in [1.29, 1.82) is 0 Å². The van der Waals surface area contributed by atoms with E-state index in [1.165, 1.54) is 4.68 Å². The number of unbranched alkanes of at least 4 members (excludes halogenated alkanes) is 1. The second kappa shape index (κ2) is 8.29. The molecule has 19 heavy (non-hydrogen) atoms. The number of hydrogen-bond donors (Lipinski definition) is 0. The number of nitrogens with zero attached hydrogens (tertiary/aromatic N) is 2. The van der Waals surface area contributed by atoms with Crippen LogP contribution in [-0.4, -0.2) is 34.9 Å². The summed E-state index contributed by atoms with van der Waals surface area (Å²) in [5, 5.41) is 3.99. The Bertz CT molecular complexity index is 389. The summed E-state index contributed by atoms with van der Waals surface area (Å²) in [5.41, 5.74) is 0. The first kappa shape index (κ1) is 15.2. The van der Waals surface area contributed by atoms with Crippen LogP contribution in [0, 0.1) is 0 Å². The Hall–Kier alpha value is -1.85. The molecule has 0 aliphatic rings. The van der Waals surface area contributed by atoms with Crippen molar-refractivity contribution in [2.45, 2.75) is 39.2 Å². The second-order valence-corrected chi connectivity index (χ2v) is 4.03. The third-order valence-electron chi connectivity index (χ3n) is 2.52.